The molecular weight excluding hydrogens is 254 g/mol. The van der Waals surface area contributed by atoms with Gasteiger partial charge >= 0.3 is 0 Å². The van der Waals surface area contributed by atoms with E-state index in [9.17, 15) is 9.59 Å². The van der Waals surface area contributed by atoms with E-state index < -0.39 is 6.10 Å². The molecule has 0 spiro atoms. The normalized spacial score (nSPS) is 19.9. The van der Waals surface area contributed by atoms with Gasteiger partial charge in [0.1, 0.15) is 6.10 Å². The molecule has 0 N–H and O–H groups in total. The highest BCUT2D eigenvalue weighted by molar-refractivity contribution is 5.89. The Morgan fingerprint density at radius 1 is 1.35 bits per heavy atom. The molecule has 4 heteroatoms. The van der Waals surface area contributed by atoms with Crippen LogP contribution in [0.25, 0.3) is 0 Å². The van der Waals surface area contributed by atoms with Crippen LogP contribution in [0.2, 0.25) is 0 Å². The van der Waals surface area contributed by atoms with Gasteiger partial charge in [-0.05, 0) is 32.3 Å². The van der Waals surface area contributed by atoms with Crippen LogP contribution in [-0.2, 0) is 20.9 Å². The molecule has 2 rings (SSSR count). The predicted octanol–water partition coefficient (Wildman–Crippen LogP) is 2.17. The fourth-order valence-electron chi connectivity index (χ4n) is 2.55. The van der Waals surface area contributed by atoms with Crippen LogP contribution in [0.3, 0.4) is 0 Å². The molecule has 1 fully saturated rings. The molecule has 4 nitrogen and oxygen atoms in total. The van der Waals surface area contributed by atoms with Crippen LogP contribution in [0.5, 0.6) is 0 Å². The Labute approximate surface area is 119 Å². The van der Waals surface area contributed by atoms with E-state index in [1.165, 1.54) is 0 Å². The van der Waals surface area contributed by atoms with Crippen LogP contribution < -0.4 is 0 Å². The number of carbonyl (C=O) groups excluding carboxylic acids is 2. The second-order valence-electron chi connectivity index (χ2n) is 5.24. The molecular formula is C16H21NO3. The average molecular weight is 275 g/mol. The minimum Gasteiger partial charge on any atom is -0.364 e. The Balaban J connectivity index is 1.90. The molecule has 0 aliphatic carbocycles. The highest BCUT2D eigenvalue weighted by Gasteiger charge is 2.34. The molecule has 0 bridgehead atoms. The third-order valence-electron chi connectivity index (χ3n) is 3.70. The van der Waals surface area contributed by atoms with Gasteiger partial charge in [0.15, 0.2) is 5.78 Å². The minimum absolute atomic E-state index is 0.0612. The molecule has 1 saturated heterocycles. The summed E-state index contributed by atoms with van der Waals surface area (Å²) in [7, 11) is 0. The van der Waals surface area contributed by atoms with E-state index in [0.29, 0.717) is 13.2 Å². The maximum Gasteiger partial charge on any atom is 0.252 e. The Kier molecular flexibility index (Phi) is 4.90. The van der Waals surface area contributed by atoms with Crippen LogP contribution >= 0.6 is 0 Å². The third kappa shape index (κ3) is 3.45. The molecule has 1 aromatic rings. The van der Waals surface area contributed by atoms with Crippen LogP contribution in [0.1, 0.15) is 32.3 Å². The Hall–Kier alpha value is -1.68. The average Bonchev–Trinajstić information content (AvgIpc) is 2.94. The lowest BCUT2D eigenvalue weighted by atomic mass is 10.1. The standard InChI is InChI=1S/C16H21NO3/c1-12(18)15-9-6-10-17(15)16(19)13(2)20-11-14-7-4-3-5-8-14/h3-5,7-8,13,15H,6,9-11H2,1-2H3/t13-,15?/m1/s1. The third-order valence-corrected chi connectivity index (χ3v) is 3.70. The number of nitrogens with zero attached hydrogens (tertiary/aromatic N) is 1. The van der Waals surface area contributed by atoms with Gasteiger partial charge in [-0.1, -0.05) is 30.3 Å². The molecule has 1 amide bonds. The van der Waals surface area contributed by atoms with E-state index >= 15 is 0 Å². The number of hydrogen-bond acceptors (Lipinski definition) is 3. The zero-order valence-corrected chi connectivity index (χ0v) is 12.0. The fourth-order valence-corrected chi connectivity index (χ4v) is 2.55. The lowest BCUT2D eigenvalue weighted by molar-refractivity contribution is -0.147. The van der Waals surface area contributed by atoms with Crippen molar-refractivity contribution in [2.75, 3.05) is 6.54 Å². The molecule has 2 atom stereocenters. The summed E-state index contributed by atoms with van der Waals surface area (Å²) < 4.78 is 5.63. The molecule has 1 aliphatic rings. The van der Waals surface area contributed by atoms with Crippen LogP contribution in [0.4, 0.5) is 0 Å². The number of rotatable bonds is 5. The number of benzene rings is 1. The molecule has 1 unspecified atom stereocenters. The second-order valence-corrected chi connectivity index (χ2v) is 5.24. The Bertz CT molecular complexity index is 472. The highest BCUT2D eigenvalue weighted by Crippen LogP contribution is 2.20. The van der Waals surface area contributed by atoms with Gasteiger partial charge in [-0.25, -0.2) is 0 Å². The summed E-state index contributed by atoms with van der Waals surface area (Å²) in [5, 5.41) is 0. The van der Waals surface area contributed by atoms with Crippen LogP contribution in [0, 0.1) is 0 Å². The predicted molar refractivity (Wildman–Crippen MR) is 76.1 cm³/mol. The summed E-state index contributed by atoms with van der Waals surface area (Å²) in [5.74, 6) is -0.0234. The molecule has 0 radical (unpaired) electrons. The first-order chi connectivity index (χ1) is 9.59. The molecule has 108 valence electrons. The van der Waals surface area contributed by atoms with Crippen molar-refractivity contribution in [3.63, 3.8) is 0 Å². The summed E-state index contributed by atoms with van der Waals surface area (Å²) in [4.78, 5) is 25.5. The van der Waals surface area contributed by atoms with Crippen molar-refractivity contribution in [3.05, 3.63) is 35.9 Å². The lowest BCUT2D eigenvalue weighted by Crippen LogP contribution is -2.44. The van der Waals surface area contributed by atoms with Crippen LogP contribution in [0.15, 0.2) is 30.3 Å². The van der Waals surface area contributed by atoms with Gasteiger partial charge in [0.2, 0.25) is 0 Å². The van der Waals surface area contributed by atoms with Gasteiger partial charge in [0, 0.05) is 6.54 Å². The maximum atomic E-state index is 12.3. The SMILES string of the molecule is CC(=O)C1CCCN1C(=O)[C@@H](C)OCc1ccccc1. The zero-order valence-electron chi connectivity index (χ0n) is 12.0. The van der Waals surface area contributed by atoms with E-state index in [0.717, 1.165) is 18.4 Å². The molecule has 1 aromatic carbocycles. The number of Topliss-reactive ketones (excluding diaryl/α,β-unsaturated/α-hetero) is 1. The number of ether oxygens (including phenoxy) is 1. The van der Waals surface area contributed by atoms with E-state index in [4.69, 9.17) is 4.74 Å². The quantitative estimate of drug-likeness (QED) is 0.827. The number of ketones is 1. The maximum absolute atomic E-state index is 12.3. The largest absolute Gasteiger partial charge is 0.364 e. The van der Waals surface area contributed by atoms with E-state index in [1.807, 2.05) is 30.3 Å². The van der Waals surface area contributed by atoms with Crippen molar-refractivity contribution in [2.45, 2.75) is 45.4 Å². The first-order valence-corrected chi connectivity index (χ1v) is 7.06. The van der Waals surface area contributed by atoms with Gasteiger partial charge < -0.3 is 9.64 Å². The molecule has 1 aliphatic heterocycles. The summed E-state index contributed by atoms with van der Waals surface area (Å²) in [6.45, 7) is 4.36. The summed E-state index contributed by atoms with van der Waals surface area (Å²) in [6.07, 6.45) is 1.14. The second kappa shape index (κ2) is 6.66. The molecule has 0 aromatic heterocycles. The van der Waals surface area contributed by atoms with Gasteiger partial charge in [-0.15, -0.1) is 0 Å². The molecule has 0 saturated carbocycles. The van der Waals surface area contributed by atoms with E-state index in [1.54, 1.807) is 18.7 Å². The minimum atomic E-state index is -0.518. The smallest absolute Gasteiger partial charge is 0.252 e. The van der Waals surface area contributed by atoms with Crippen LogP contribution in [-0.4, -0.2) is 35.3 Å². The summed E-state index contributed by atoms with van der Waals surface area (Å²) in [5.41, 5.74) is 1.04. The monoisotopic (exact) mass is 275 g/mol. The number of amides is 1. The molecule has 20 heavy (non-hydrogen) atoms. The van der Waals surface area contributed by atoms with E-state index in [-0.39, 0.29) is 17.7 Å². The van der Waals surface area contributed by atoms with Crippen molar-refractivity contribution in [3.8, 4) is 0 Å². The van der Waals surface area contributed by atoms with E-state index in [2.05, 4.69) is 0 Å². The highest BCUT2D eigenvalue weighted by atomic mass is 16.5. The van der Waals surface area contributed by atoms with Crippen molar-refractivity contribution in [2.24, 2.45) is 0 Å². The number of hydrogen-bond donors (Lipinski definition) is 0. The number of carbonyl (C=O) groups is 2. The summed E-state index contributed by atoms with van der Waals surface area (Å²) in [6, 6.07) is 9.50. The zero-order chi connectivity index (χ0) is 14.5. The number of likely N-dealkylation sites (tertiary alicyclic amines) is 1. The fraction of sp³-hybridized carbons (Fsp3) is 0.500. The van der Waals surface area contributed by atoms with Gasteiger partial charge in [-0.3, -0.25) is 9.59 Å². The van der Waals surface area contributed by atoms with Gasteiger partial charge in [-0.2, -0.15) is 0 Å². The van der Waals surface area contributed by atoms with Crippen molar-refractivity contribution in [1.29, 1.82) is 0 Å². The van der Waals surface area contributed by atoms with Crippen molar-refractivity contribution >= 4 is 11.7 Å². The first-order valence-electron chi connectivity index (χ1n) is 7.06. The topological polar surface area (TPSA) is 46.6 Å². The van der Waals surface area contributed by atoms with Crippen molar-refractivity contribution < 1.29 is 14.3 Å². The summed E-state index contributed by atoms with van der Waals surface area (Å²) >= 11 is 0. The van der Waals surface area contributed by atoms with Crippen molar-refractivity contribution in [1.82, 2.24) is 4.90 Å². The van der Waals surface area contributed by atoms with Gasteiger partial charge in [0.05, 0.1) is 12.6 Å². The van der Waals surface area contributed by atoms with Gasteiger partial charge in [0.25, 0.3) is 5.91 Å². The Morgan fingerprint density at radius 2 is 2.05 bits per heavy atom. The molecule has 1 heterocycles. The Morgan fingerprint density at radius 3 is 2.70 bits per heavy atom. The lowest BCUT2D eigenvalue weighted by Gasteiger charge is -2.25. The first kappa shape index (κ1) is 14.7.